The Balaban J connectivity index is 0.000001000. The maximum absolute atomic E-state index is 5.18. The van der Waals surface area contributed by atoms with Gasteiger partial charge in [-0.05, 0) is 18.6 Å². The van der Waals surface area contributed by atoms with E-state index in [1.807, 2.05) is 12.1 Å². The minimum atomic E-state index is 0. The minimum absolute atomic E-state index is 0. The summed E-state index contributed by atoms with van der Waals surface area (Å²) in [6, 6.07) is 3.98. The summed E-state index contributed by atoms with van der Waals surface area (Å²) < 4.78 is 5.18. The van der Waals surface area contributed by atoms with Crippen LogP contribution >= 0.6 is 0 Å². The van der Waals surface area contributed by atoms with E-state index < -0.39 is 0 Å². The lowest BCUT2D eigenvalue weighted by molar-refractivity contribution is 0.497. The molecule has 1 rings (SSSR count). The minimum Gasteiger partial charge on any atom is -0.469 e. The highest BCUT2D eigenvalue weighted by Gasteiger charge is 1.92. The number of aryl methyl sites for hydroxylation is 1. The molecule has 0 aliphatic carbocycles. The van der Waals surface area contributed by atoms with Crippen molar-refractivity contribution >= 4 is 0 Å². The Morgan fingerprint density at radius 1 is 1.36 bits per heavy atom. The molecule has 11 heavy (non-hydrogen) atoms. The summed E-state index contributed by atoms with van der Waals surface area (Å²) in [7, 11) is 0. The van der Waals surface area contributed by atoms with Crippen molar-refractivity contribution in [1.29, 1.82) is 0 Å². The average Bonchev–Trinajstić information content (AvgIpc) is 2.41. The maximum atomic E-state index is 5.18. The van der Waals surface area contributed by atoms with Crippen LogP contribution in [0.4, 0.5) is 0 Å². The fourth-order valence-corrected chi connectivity index (χ4v) is 1.00. The van der Waals surface area contributed by atoms with Gasteiger partial charge in [0.15, 0.2) is 0 Å². The fourth-order valence-electron chi connectivity index (χ4n) is 1.00. The molecule has 64 valence electrons. The predicted octanol–water partition coefficient (Wildman–Crippen LogP) is 3.65. The molecule has 0 aliphatic heterocycles. The second kappa shape index (κ2) is 6.02. The Bertz CT molecular complexity index is 153. The van der Waals surface area contributed by atoms with Crippen LogP contribution in [0.25, 0.3) is 0 Å². The maximum Gasteiger partial charge on any atom is 0.103 e. The molecule has 0 fully saturated rings. The second-order valence-corrected chi connectivity index (χ2v) is 2.54. The topological polar surface area (TPSA) is 13.1 Å². The normalized spacial score (nSPS) is 9.18. The molecule has 0 radical (unpaired) electrons. The number of hydrogen-bond donors (Lipinski definition) is 0. The highest BCUT2D eigenvalue weighted by atomic mass is 16.3. The van der Waals surface area contributed by atoms with E-state index in [9.17, 15) is 0 Å². The molecule has 0 amide bonds. The van der Waals surface area contributed by atoms with Gasteiger partial charge in [-0.2, -0.15) is 0 Å². The molecule has 0 N–H and O–H groups in total. The molecule has 0 unspecified atom stereocenters. The second-order valence-electron chi connectivity index (χ2n) is 2.54. The Hall–Kier alpha value is -0.720. The van der Waals surface area contributed by atoms with Crippen molar-refractivity contribution in [2.24, 2.45) is 0 Å². The van der Waals surface area contributed by atoms with Crippen molar-refractivity contribution in [2.75, 3.05) is 0 Å². The summed E-state index contributed by atoms with van der Waals surface area (Å²) in [6.07, 6.45) is 6.67. The molecule has 0 saturated carbocycles. The van der Waals surface area contributed by atoms with Crippen LogP contribution in [0.1, 0.15) is 39.4 Å². The molecule has 0 spiro atoms. The first-order valence-corrected chi connectivity index (χ1v) is 3.96. The lowest BCUT2D eigenvalue weighted by atomic mass is 10.2. The van der Waals surface area contributed by atoms with Crippen LogP contribution < -0.4 is 0 Å². The van der Waals surface area contributed by atoms with Crippen molar-refractivity contribution in [3.05, 3.63) is 24.2 Å². The molecule has 1 aromatic heterocycles. The predicted molar refractivity (Wildman–Crippen MR) is 48.7 cm³/mol. The van der Waals surface area contributed by atoms with Crippen LogP contribution in [0.3, 0.4) is 0 Å². The van der Waals surface area contributed by atoms with Gasteiger partial charge in [-0.25, -0.2) is 0 Å². The number of furan rings is 1. The summed E-state index contributed by atoms with van der Waals surface area (Å²) in [6.45, 7) is 2.21. The van der Waals surface area contributed by atoms with E-state index in [0.717, 1.165) is 12.2 Å². The Kier molecular flexibility index (Phi) is 5.63. The Morgan fingerprint density at radius 2 is 2.18 bits per heavy atom. The van der Waals surface area contributed by atoms with Crippen molar-refractivity contribution in [3.63, 3.8) is 0 Å². The SMILES string of the molecule is C.CCCCCc1ccco1. The Labute approximate surface area is 69.4 Å². The van der Waals surface area contributed by atoms with Crippen LogP contribution in [0.5, 0.6) is 0 Å². The number of unbranched alkanes of at least 4 members (excludes halogenated alkanes) is 2. The van der Waals surface area contributed by atoms with Gasteiger partial charge in [0.05, 0.1) is 6.26 Å². The molecule has 1 nitrogen and oxygen atoms in total. The third-order valence-electron chi connectivity index (χ3n) is 1.61. The molecule has 0 aromatic carbocycles. The third-order valence-corrected chi connectivity index (χ3v) is 1.61. The van der Waals surface area contributed by atoms with Gasteiger partial charge in [0, 0.05) is 6.42 Å². The van der Waals surface area contributed by atoms with E-state index in [4.69, 9.17) is 4.42 Å². The molecule has 0 saturated heterocycles. The highest BCUT2D eigenvalue weighted by molar-refractivity contribution is 4.97. The molecule has 0 atom stereocenters. The molecule has 1 aromatic rings. The van der Waals surface area contributed by atoms with Crippen LogP contribution in [-0.2, 0) is 6.42 Å². The summed E-state index contributed by atoms with van der Waals surface area (Å²) in [5, 5.41) is 0. The van der Waals surface area contributed by atoms with E-state index in [1.54, 1.807) is 6.26 Å². The molecule has 1 heteroatoms. The third kappa shape index (κ3) is 3.87. The number of rotatable bonds is 4. The standard InChI is InChI=1S/C9H14O.CH4/c1-2-3-4-6-9-7-5-8-10-9;/h5,7-8H,2-4,6H2,1H3;1H4. The lowest BCUT2D eigenvalue weighted by Crippen LogP contribution is -1.80. The van der Waals surface area contributed by atoms with Crippen molar-refractivity contribution in [1.82, 2.24) is 0 Å². The zero-order valence-corrected chi connectivity index (χ0v) is 6.47. The zero-order valence-electron chi connectivity index (χ0n) is 6.47. The van der Waals surface area contributed by atoms with Gasteiger partial charge in [0.25, 0.3) is 0 Å². The van der Waals surface area contributed by atoms with E-state index in [1.165, 1.54) is 19.3 Å². The van der Waals surface area contributed by atoms with Crippen molar-refractivity contribution < 1.29 is 4.42 Å². The average molecular weight is 154 g/mol. The Morgan fingerprint density at radius 3 is 2.73 bits per heavy atom. The lowest BCUT2D eigenvalue weighted by Gasteiger charge is -1.93. The smallest absolute Gasteiger partial charge is 0.103 e. The number of hydrogen-bond acceptors (Lipinski definition) is 1. The monoisotopic (exact) mass is 154 g/mol. The van der Waals surface area contributed by atoms with E-state index >= 15 is 0 Å². The first-order valence-electron chi connectivity index (χ1n) is 3.96. The van der Waals surface area contributed by atoms with E-state index in [2.05, 4.69) is 6.92 Å². The summed E-state index contributed by atoms with van der Waals surface area (Å²) >= 11 is 0. The molecular weight excluding hydrogens is 136 g/mol. The molecule has 0 bridgehead atoms. The van der Waals surface area contributed by atoms with Gasteiger partial charge < -0.3 is 4.42 Å². The molecule has 0 aliphatic rings. The van der Waals surface area contributed by atoms with Gasteiger partial charge >= 0.3 is 0 Å². The van der Waals surface area contributed by atoms with Gasteiger partial charge in [-0.1, -0.05) is 27.2 Å². The first-order chi connectivity index (χ1) is 4.93. The van der Waals surface area contributed by atoms with Gasteiger partial charge in [-0.3, -0.25) is 0 Å². The molecule has 1 heterocycles. The zero-order chi connectivity index (χ0) is 7.23. The van der Waals surface area contributed by atoms with E-state index in [-0.39, 0.29) is 7.43 Å². The van der Waals surface area contributed by atoms with Gasteiger partial charge in [-0.15, -0.1) is 0 Å². The molecular formula is C10H18O. The van der Waals surface area contributed by atoms with Crippen LogP contribution in [0.15, 0.2) is 22.8 Å². The summed E-state index contributed by atoms with van der Waals surface area (Å²) in [5.74, 6) is 1.12. The quantitative estimate of drug-likeness (QED) is 0.603. The van der Waals surface area contributed by atoms with Crippen LogP contribution in [-0.4, -0.2) is 0 Å². The fraction of sp³-hybridized carbons (Fsp3) is 0.600. The van der Waals surface area contributed by atoms with E-state index in [0.29, 0.717) is 0 Å². The van der Waals surface area contributed by atoms with Crippen LogP contribution in [0, 0.1) is 0 Å². The first kappa shape index (κ1) is 10.3. The van der Waals surface area contributed by atoms with Crippen molar-refractivity contribution in [3.8, 4) is 0 Å². The van der Waals surface area contributed by atoms with Crippen molar-refractivity contribution in [2.45, 2.75) is 40.0 Å². The van der Waals surface area contributed by atoms with Gasteiger partial charge in [0.1, 0.15) is 5.76 Å². The summed E-state index contributed by atoms with van der Waals surface area (Å²) in [5.41, 5.74) is 0. The summed E-state index contributed by atoms with van der Waals surface area (Å²) in [4.78, 5) is 0. The largest absolute Gasteiger partial charge is 0.469 e. The highest BCUT2D eigenvalue weighted by Crippen LogP contribution is 2.06. The van der Waals surface area contributed by atoms with Gasteiger partial charge in [0.2, 0.25) is 0 Å². The van der Waals surface area contributed by atoms with Crippen LogP contribution in [0.2, 0.25) is 0 Å².